The Morgan fingerprint density at radius 3 is 2.69 bits per heavy atom. The maximum Gasteiger partial charge on any atom is 0.0685 e. The highest BCUT2D eigenvalue weighted by Gasteiger charge is 2.42. The Balaban J connectivity index is 1.76. The summed E-state index contributed by atoms with van der Waals surface area (Å²) in [5, 5.41) is 9.99. The molecule has 2 unspecified atom stereocenters. The summed E-state index contributed by atoms with van der Waals surface area (Å²) in [7, 11) is 0. The molecule has 0 aromatic rings. The summed E-state index contributed by atoms with van der Waals surface area (Å²) in [5.74, 6) is 1.30. The maximum atomic E-state index is 9.99. The highest BCUT2D eigenvalue weighted by Crippen LogP contribution is 2.45. The lowest BCUT2D eigenvalue weighted by Gasteiger charge is -2.47. The van der Waals surface area contributed by atoms with E-state index in [0.717, 1.165) is 25.9 Å². The third-order valence-electron chi connectivity index (χ3n) is 4.21. The van der Waals surface area contributed by atoms with E-state index in [1.807, 2.05) is 0 Å². The van der Waals surface area contributed by atoms with Crippen LogP contribution in [-0.2, 0) is 4.74 Å². The summed E-state index contributed by atoms with van der Waals surface area (Å²) in [6, 6.07) is 0. The van der Waals surface area contributed by atoms with E-state index in [9.17, 15) is 5.11 Å². The van der Waals surface area contributed by atoms with Crippen LogP contribution in [0, 0.1) is 11.8 Å². The number of ether oxygens (including phenoxy) is 1. The molecule has 1 saturated heterocycles. The Bertz CT molecular complexity index is 221. The predicted molar refractivity (Wildman–Crippen MR) is 65.3 cm³/mol. The van der Waals surface area contributed by atoms with Crippen LogP contribution in [0.4, 0.5) is 0 Å². The zero-order valence-corrected chi connectivity index (χ0v) is 10.7. The van der Waals surface area contributed by atoms with Gasteiger partial charge in [-0.25, -0.2) is 0 Å². The lowest BCUT2D eigenvalue weighted by Crippen LogP contribution is -2.46. The lowest BCUT2D eigenvalue weighted by atomic mass is 9.71. The summed E-state index contributed by atoms with van der Waals surface area (Å²) >= 11 is 0. The van der Waals surface area contributed by atoms with E-state index in [4.69, 9.17) is 4.74 Å². The molecular weight excluding hydrogens is 200 g/mol. The van der Waals surface area contributed by atoms with E-state index in [2.05, 4.69) is 13.8 Å². The van der Waals surface area contributed by atoms with Crippen molar-refractivity contribution in [1.29, 1.82) is 0 Å². The van der Waals surface area contributed by atoms with E-state index in [1.165, 1.54) is 25.7 Å². The van der Waals surface area contributed by atoms with Gasteiger partial charge >= 0.3 is 0 Å². The van der Waals surface area contributed by atoms with Crippen LogP contribution in [0.3, 0.4) is 0 Å². The summed E-state index contributed by atoms with van der Waals surface area (Å²) in [4.78, 5) is 0. The Morgan fingerprint density at radius 2 is 2.12 bits per heavy atom. The minimum atomic E-state index is -0.0970. The number of hydrogen-bond donors (Lipinski definition) is 1. The first-order valence-electron chi connectivity index (χ1n) is 6.92. The van der Waals surface area contributed by atoms with Crippen LogP contribution in [0.1, 0.15) is 58.8 Å². The van der Waals surface area contributed by atoms with Crippen molar-refractivity contribution in [3.63, 3.8) is 0 Å². The summed E-state index contributed by atoms with van der Waals surface area (Å²) in [6.07, 6.45) is 8.03. The van der Waals surface area contributed by atoms with Gasteiger partial charge in [0.1, 0.15) is 0 Å². The molecule has 1 aliphatic carbocycles. The minimum absolute atomic E-state index is 0.0970. The van der Waals surface area contributed by atoms with Gasteiger partial charge < -0.3 is 9.84 Å². The molecule has 0 aromatic carbocycles. The van der Waals surface area contributed by atoms with Crippen molar-refractivity contribution in [2.45, 2.75) is 70.5 Å². The molecule has 0 bridgehead atoms. The third kappa shape index (κ3) is 2.98. The average molecular weight is 226 g/mol. The molecular formula is C14H26O2. The summed E-state index contributed by atoms with van der Waals surface area (Å²) in [6.45, 7) is 5.28. The second-order valence-corrected chi connectivity index (χ2v) is 6.26. The molecule has 94 valence electrons. The van der Waals surface area contributed by atoms with Crippen molar-refractivity contribution in [3.8, 4) is 0 Å². The molecule has 1 spiro atoms. The van der Waals surface area contributed by atoms with Gasteiger partial charge in [-0.1, -0.05) is 13.8 Å². The standard InChI is InChI=1S/C14H26O2/c1-11(2)8-13(15)9-12-4-7-16-14(10-12)5-3-6-14/h11-13,15H,3-10H2,1-2H3. The number of hydrogen-bond acceptors (Lipinski definition) is 2. The first-order valence-corrected chi connectivity index (χ1v) is 6.92. The second-order valence-electron chi connectivity index (χ2n) is 6.26. The monoisotopic (exact) mass is 226 g/mol. The van der Waals surface area contributed by atoms with Crippen LogP contribution in [-0.4, -0.2) is 23.4 Å². The summed E-state index contributed by atoms with van der Waals surface area (Å²) in [5.41, 5.74) is 0.237. The predicted octanol–water partition coefficient (Wildman–Crippen LogP) is 3.13. The molecule has 1 aliphatic heterocycles. The van der Waals surface area contributed by atoms with Gasteiger partial charge in [0.15, 0.2) is 0 Å². The molecule has 2 aliphatic rings. The Kier molecular flexibility index (Phi) is 3.91. The molecule has 1 N–H and O–H groups in total. The molecule has 0 radical (unpaired) electrons. The van der Waals surface area contributed by atoms with Crippen molar-refractivity contribution >= 4 is 0 Å². The van der Waals surface area contributed by atoms with Crippen molar-refractivity contribution in [2.24, 2.45) is 11.8 Å². The molecule has 2 heteroatoms. The molecule has 2 nitrogen and oxygen atoms in total. The number of rotatable bonds is 4. The topological polar surface area (TPSA) is 29.5 Å². The van der Waals surface area contributed by atoms with Crippen LogP contribution in [0.25, 0.3) is 0 Å². The van der Waals surface area contributed by atoms with Gasteiger partial charge in [0.2, 0.25) is 0 Å². The fourth-order valence-corrected chi connectivity index (χ4v) is 3.28. The van der Waals surface area contributed by atoms with Gasteiger partial charge in [0.25, 0.3) is 0 Å². The molecule has 1 saturated carbocycles. The quantitative estimate of drug-likeness (QED) is 0.798. The van der Waals surface area contributed by atoms with E-state index in [-0.39, 0.29) is 11.7 Å². The Labute approximate surface area is 99.4 Å². The van der Waals surface area contributed by atoms with Crippen LogP contribution in [0.2, 0.25) is 0 Å². The first kappa shape index (κ1) is 12.4. The van der Waals surface area contributed by atoms with Gasteiger partial charge in [0.05, 0.1) is 11.7 Å². The van der Waals surface area contributed by atoms with Gasteiger partial charge in [-0.05, 0) is 56.8 Å². The summed E-state index contributed by atoms with van der Waals surface area (Å²) < 4.78 is 5.91. The Morgan fingerprint density at radius 1 is 1.38 bits per heavy atom. The van der Waals surface area contributed by atoms with Crippen molar-refractivity contribution in [1.82, 2.24) is 0 Å². The first-order chi connectivity index (χ1) is 7.60. The zero-order chi connectivity index (χ0) is 11.6. The second kappa shape index (κ2) is 5.05. The van der Waals surface area contributed by atoms with Gasteiger partial charge in [-0.3, -0.25) is 0 Å². The van der Waals surface area contributed by atoms with Gasteiger partial charge in [-0.2, -0.15) is 0 Å². The van der Waals surface area contributed by atoms with E-state index >= 15 is 0 Å². The largest absolute Gasteiger partial charge is 0.393 e. The normalized spacial score (nSPS) is 30.4. The third-order valence-corrected chi connectivity index (χ3v) is 4.21. The molecule has 1 heterocycles. The fraction of sp³-hybridized carbons (Fsp3) is 1.00. The highest BCUT2D eigenvalue weighted by atomic mass is 16.5. The van der Waals surface area contributed by atoms with Crippen LogP contribution < -0.4 is 0 Å². The molecule has 0 aromatic heterocycles. The van der Waals surface area contributed by atoms with Crippen LogP contribution in [0.5, 0.6) is 0 Å². The van der Waals surface area contributed by atoms with Crippen LogP contribution in [0.15, 0.2) is 0 Å². The lowest BCUT2D eigenvalue weighted by molar-refractivity contribution is -0.147. The molecule has 2 fully saturated rings. The average Bonchev–Trinajstić information content (AvgIpc) is 2.14. The number of aliphatic hydroxyl groups is 1. The Hall–Kier alpha value is -0.0800. The van der Waals surface area contributed by atoms with E-state index < -0.39 is 0 Å². The smallest absolute Gasteiger partial charge is 0.0685 e. The van der Waals surface area contributed by atoms with Gasteiger partial charge in [0, 0.05) is 6.61 Å². The van der Waals surface area contributed by atoms with Crippen molar-refractivity contribution in [2.75, 3.05) is 6.61 Å². The molecule has 2 rings (SSSR count). The van der Waals surface area contributed by atoms with Crippen molar-refractivity contribution < 1.29 is 9.84 Å². The number of aliphatic hydroxyl groups excluding tert-OH is 1. The SMILES string of the molecule is CC(C)CC(O)CC1CCOC2(CCC2)C1. The van der Waals surface area contributed by atoms with Gasteiger partial charge in [-0.15, -0.1) is 0 Å². The van der Waals surface area contributed by atoms with E-state index in [1.54, 1.807) is 0 Å². The van der Waals surface area contributed by atoms with Crippen LogP contribution >= 0.6 is 0 Å². The van der Waals surface area contributed by atoms with Crippen molar-refractivity contribution in [3.05, 3.63) is 0 Å². The molecule has 2 atom stereocenters. The minimum Gasteiger partial charge on any atom is -0.393 e. The molecule has 16 heavy (non-hydrogen) atoms. The van der Waals surface area contributed by atoms with E-state index in [0.29, 0.717) is 11.8 Å². The zero-order valence-electron chi connectivity index (χ0n) is 10.7. The molecule has 0 amide bonds. The maximum absolute atomic E-state index is 9.99. The fourth-order valence-electron chi connectivity index (χ4n) is 3.28. The highest BCUT2D eigenvalue weighted by molar-refractivity contribution is 4.94.